The van der Waals surface area contributed by atoms with E-state index < -0.39 is 27.6 Å². The number of hydrogen-bond donors (Lipinski definition) is 2. The van der Waals surface area contributed by atoms with Crippen molar-refractivity contribution in [2.24, 2.45) is 0 Å². The fourth-order valence-corrected chi connectivity index (χ4v) is 3.72. The van der Waals surface area contributed by atoms with E-state index >= 15 is 0 Å². The second-order valence-electron chi connectivity index (χ2n) is 6.06. The van der Waals surface area contributed by atoms with E-state index in [1.807, 2.05) is 0 Å². The van der Waals surface area contributed by atoms with E-state index in [1.165, 1.54) is 48.5 Å². The van der Waals surface area contributed by atoms with Gasteiger partial charge in [0.2, 0.25) is 0 Å². The summed E-state index contributed by atoms with van der Waals surface area (Å²) >= 11 is 5.78. The van der Waals surface area contributed by atoms with Gasteiger partial charge in [-0.1, -0.05) is 17.7 Å². The van der Waals surface area contributed by atoms with Crippen LogP contribution in [0.4, 0.5) is 14.5 Å². The minimum atomic E-state index is -3.94. The van der Waals surface area contributed by atoms with Gasteiger partial charge >= 0.3 is 0 Å². The second-order valence-corrected chi connectivity index (χ2v) is 8.18. The number of anilines is 1. The van der Waals surface area contributed by atoms with Crippen LogP contribution in [-0.2, 0) is 16.6 Å². The molecule has 3 aromatic rings. The van der Waals surface area contributed by atoms with E-state index in [1.54, 1.807) is 0 Å². The second kappa shape index (κ2) is 8.59. The van der Waals surface area contributed by atoms with Crippen molar-refractivity contribution >= 4 is 33.2 Å². The molecule has 0 aliphatic carbocycles. The van der Waals surface area contributed by atoms with Gasteiger partial charge in [-0.2, -0.15) is 0 Å². The molecule has 0 unspecified atom stereocenters. The summed E-state index contributed by atoms with van der Waals surface area (Å²) in [6.07, 6.45) is 0. The Morgan fingerprint density at radius 1 is 0.966 bits per heavy atom. The molecule has 0 aliphatic heterocycles. The molecule has 3 rings (SSSR count). The monoisotopic (exact) mass is 436 g/mol. The van der Waals surface area contributed by atoms with Crippen LogP contribution in [0, 0.1) is 11.6 Å². The molecule has 0 spiro atoms. The van der Waals surface area contributed by atoms with Gasteiger partial charge in [-0.05, 0) is 60.7 Å². The summed E-state index contributed by atoms with van der Waals surface area (Å²) in [4.78, 5) is 12.2. The third-order valence-corrected chi connectivity index (χ3v) is 5.58. The van der Waals surface area contributed by atoms with Gasteiger partial charge in [0.05, 0.1) is 4.90 Å². The van der Waals surface area contributed by atoms with Gasteiger partial charge in [-0.15, -0.1) is 0 Å². The van der Waals surface area contributed by atoms with Crippen LogP contribution < -0.4 is 10.0 Å². The van der Waals surface area contributed by atoms with Crippen LogP contribution in [0.3, 0.4) is 0 Å². The molecule has 0 fully saturated rings. The Morgan fingerprint density at radius 2 is 1.69 bits per heavy atom. The lowest BCUT2D eigenvalue weighted by Gasteiger charge is -2.10. The Labute approximate surface area is 171 Å². The van der Waals surface area contributed by atoms with Crippen molar-refractivity contribution in [3.05, 3.63) is 94.5 Å². The highest BCUT2D eigenvalue weighted by molar-refractivity contribution is 7.92. The summed E-state index contributed by atoms with van der Waals surface area (Å²) in [6, 6.07) is 14.3. The fourth-order valence-electron chi connectivity index (χ4n) is 2.49. The topological polar surface area (TPSA) is 75.3 Å². The molecule has 0 aliphatic rings. The first-order valence-corrected chi connectivity index (χ1v) is 10.2. The first-order chi connectivity index (χ1) is 13.7. The molecule has 3 aromatic carbocycles. The highest BCUT2D eigenvalue weighted by atomic mass is 35.5. The first-order valence-electron chi connectivity index (χ1n) is 8.35. The van der Waals surface area contributed by atoms with Crippen LogP contribution in [0.5, 0.6) is 0 Å². The SMILES string of the molecule is O=C(NCc1cc(F)ccc1F)c1cccc(S(=O)(=O)Nc2ccc(Cl)cc2)c1. The first kappa shape index (κ1) is 20.8. The molecule has 29 heavy (non-hydrogen) atoms. The summed E-state index contributed by atoms with van der Waals surface area (Å²) in [5.41, 5.74) is 0.346. The fraction of sp³-hybridized carbons (Fsp3) is 0.0500. The van der Waals surface area contributed by atoms with Crippen LogP contribution in [0.1, 0.15) is 15.9 Å². The zero-order chi connectivity index (χ0) is 21.0. The minimum absolute atomic E-state index is 0.0217. The van der Waals surface area contributed by atoms with Crippen LogP contribution in [0.25, 0.3) is 0 Å². The summed E-state index contributed by atoms with van der Waals surface area (Å²) < 4.78 is 54.4. The summed E-state index contributed by atoms with van der Waals surface area (Å²) in [5, 5.41) is 2.90. The van der Waals surface area contributed by atoms with Crippen LogP contribution in [0.2, 0.25) is 5.02 Å². The predicted molar refractivity (Wildman–Crippen MR) is 106 cm³/mol. The maximum absolute atomic E-state index is 13.7. The zero-order valence-electron chi connectivity index (χ0n) is 14.8. The number of halogens is 3. The van der Waals surface area contributed by atoms with Crippen molar-refractivity contribution in [3.63, 3.8) is 0 Å². The number of amides is 1. The molecule has 2 N–H and O–H groups in total. The van der Waals surface area contributed by atoms with Gasteiger partial charge in [0.25, 0.3) is 15.9 Å². The van der Waals surface area contributed by atoms with E-state index in [9.17, 15) is 22.0 Å². The van der Waals surface area contributed by atoms with Crippen LogP contribution in [-0.4, -0.2) is 14.3 Å². The molecule has 0 radical (unpaired) electrons. The summed E-state index contributed by atoms with van der Waals surface area (Å²) in [5.74, 6) is -1.91. The van der Waals surface area contributed by atoms with Gasteiger partial charge in [-0.3, -0.25) is 9.52 Å². The third-order valence-electron chi connectivity index (χ3n) is 3.95. The van der Waals surface area contributed by atoms with Gasteiger partial charge in [0.1, 0.15) is 11.6 Å². The molecule has 9 heteroatoms. The van der Waals surface area contributed by atoms with Crippen molar-refractivity contribution < 1.29 is 22.0 Å². The molecule has 0 saturated carbocycles. The molecule has 0 bridgehead atoms. The lowest BCUT2D eigenvalue weighted by atomic mass is 10.2. The Balaban J connectivity index is 1.75. The van der Waals surface area contributed by atoms with Crippen molar-refractivity contribution in [2.75, 3.05) is 4.72 Å². The Morgan fingerprint density at radius 3 is 2.41 bits per heavy atom. The van der Waals surface area contributed by atoms with Gasteiger partial charge < -0.3 is 5.32 Å². The van der Waals surface area contributed by atoms with E-state index in [0.717, 1.165) is 18.2 Å². The van der Waals surface area contributed by atoms with Crippen LogP contribution in [0.15, 0.2) is 71.6 Å². The molecular formula is C20H15ClF2N2O3S. The maximum Gasteiger partial charge on any atom is 0.261 e. The highest BCUT2D eigenvalue weighted by Crippen LogP contribution is 2.19. The smallest absolute Gasteiger partial charge is 0.261 e. The quantitative estimate of drug-likeness (QED) is 0.603. The summed E-state index contributed by atoms with van der Waals surface area (Å²) in [6.45, 7) is -0.248. The molecule has 0 aromatic heterocycles. The lowest BCUT2D eigenvalue weighted by molar-refractivity contribution is 0.0950. The predicted octanol–water partition coefficient (Wildman–Crippen LogP) is 4.35. The lowest BCUT2D eigenvalue weighted by Crippen LogP contribution is -2.24. The standard InChI is InChI=1S/C20H15ClF2N2O3S/c21-15-4-7-17(8-5-15)25-29(27,28)18-3-1-2-13(11-18)20(26)24-12-14-10-16(22)6-9-19(14)23/h1-11,25H,12H2,(H,24,26). The highest BCUT2D eigenvalue weighted by Gasteiger charge is 2.17. The van der Waals surface area contributed by atoms with E-state index in [4.69, 9.17) is 11.6 Å². The molecule has 5 nitrogen and oxygen atoms in total. The van der Waals surface area contributed by atoms with E-state index in [2.05, 4.69) is 10.0 Å². The number of benzene rings is 3. The number of sulfonamides is 1. The molecule has 0 saturated heterocycles. The zero-order valence-corrected chi connectivity index (χ0v) is 16.4. The van der Waals surface area contributed by atoms with Gasteiger partial charge in [0, 0.05) is 28.4 Å². The number of carbonyl (C=O) groups excluding carboxylic acids is 1. The Hall–Kier alpha value is -2.97. The number of rotatable bonds is 6. The number of hydrogen-bond acceptors (Lipinski definition) is 3. The molecule has 1 amide bonds. The molecule has 0 atom stereocenters. The van der Waals surface area contributed by atoms with Crippen molar-refractivity contribution in [3.8, 4) is 0 Å². The van der Waals surface area contributed by atoms with Gasteiger partial charge in [-0.25, -0.2) is 17.2 Å². The minimum Gasteiger partial charge on any atom is -0.348 e. The molecular weight excluding hydrogens is 422 g/mol. The number of carbonyl (C=O) groups is 1. The molecule has 150 valence electrons. The van der Waals surface area contributed by atoms with E-state index in [-0.39, 0.29) is 22.6 Å². The Bertz CT molecular complexity index is 1150. The number of nitrogens with one attached hydrogen (secondary N) is 2. The van der Waals surface area contributed by atoms with Crippen molar-refractivity contribution in [2.45, 2.75) is 11.4 Å². The third kappa shape index (κ3) is 5.30. The average molecular weight is 437 g/mol. The van der Waals surface area contributed by atoms with Crippen LogP contribution >= 0.6 is 11.6 Å². The Kier molecular flexibility index (Phi) is 6.14. The largest absolute Gasteiger partial charge is 0.348 e. The van der Waals surface area contributed by atoms with Crippen molar-refractivity contribution in [1.82, 2.24) is 5.32 Å². The summed E-state index contributed by atoms with van der Waals surface area (Å²) in [7, 11) is -3.94. The maximum atomic E-state index is 13.7. The normalized spacial score (nSPS) is 11.1. The average Bonchev–Trinajstić information content (AvgIpc) is 2.70. The van der Waals surface area contributed by atoms with Gasteiger partial charge in [0.15, 0.2) is 0 Å². The van der Waals surface area contributed by atoms with Crippen molar-refractivity contribution in [1.29, 1.82) is 0 Å². The molecule has 0 heterocycles. The van der Waals surface area contributed by atoms with E-state index in [0.29, 0.717) is 10.7 Å².